The second-order valence-corrected chi connectivity index (χ2v) is 7.47. The average Bonchev–Trinajstić information content (AvgIpc) is 3.36. The van der Waals surface area contributed by atoms with Crippen molar-refractivity contribution in [1.82, 2.24) is 25.2 Å². The third kappa shape index (κ3) is 3.55. The zero-order valence-electron chi connectivity index (χ0n) is 14.6. The standard InChI is InChI=1S/C18H21N5O2S/c1-23-14-6-2-5-13(12(14)11-19-23)20-16(24)8-3-9-17-21-18(22-25-17)15-7-4-10-26-15/h4,7,10-11,13H,2-3,5-6,8-9H2,1H3,(H,20,24). The van der Waals surface area contributed by atoms with E-state index in [1.165, 1.54) is 5.69 Å². The minimum Gasteiger partial charge on any atom is -0.349 e. The molecule has 7 nitrogen and oxygen atoms in total. The van der Waals surface area contributed by atoms with Crippen LogP contribution in [0.3, 0.4) is 0 Å². The fourth-order valence-corrected chi connectivity index (χ4v) is 4.03. The Balaban J connectivity index is 1.27. The topological polar surface area (TPSA) is 85.8 Å². The molecule has 0 radical (unpaired) electrons. The van der Waals surface area contributed by atoms with E-state index in [9.17, 15) is 4.79 Å². The predicted molar refractivity (Wildman–Crippen MR) is 97.6 cm³/mol. The molecule has 26 heavy (non-hydrogen) atoms. The van der Waals surface area contributed by atoms with Gasteiger partial charge in [0.1, 0.15) is 0 Å². The van der Waals surface area contributed by atoms with Crippen LogP contribution in [0.25, 0.3) is 10.7 Å². The first-order valence-corrected chi connectivity index (χ1v) is 9.75. The van der Waals surface area contributed by atoms with Crippen molar-refractivity contribution >= 4 is 17.2 Å². The van der Waals surface area contributed by atoms with Gasteiger partial charge in [-0.1, -0.05) is 11.2 Å². The minimum absolute atomic E-state index is 0.0599. The Labute approximate surface area is 155 Å². The van der Waals surface area contributed by atoms with E-state index in [0.29, 0.717) is 31.0 Å². The maximum Gasteiger partial charge on any atom is 0.226 e. The highest BCUT2D eigenvalue weighted by atomic mass is 32.1. The number of rotatable bonds is 6. The molecule has 0 bridgehead atoms. The molecule has 0 aromatic carbocycles. The summed E-state index contributed by atoms with van der Waals surface area (Å²) in [5.74, 6) is 1.25. The molecular weight excluding hydrogens is 350 g/mol. The second-order valence-electron chi connectivity index (χ2n) is 6.53. The molecule has 1 N–H and O–H groups in total. The normalized spacial score (nSPS) is 16.4. The fourth-order valence-electron chi connectivity index (χ4n) is 3.39. The zero-order chi connectivity index (χ0) is 17.9. The van der Waals surface area contributed by atoms with Crippen LogP contribution in [0.2, 0.25) is 0 Å². The number of aromatic nitrogens is 4. The summed E-state index contributed by atoms with van der Waals surface area (Å²) in [4.78, 5) is 17.7. The lowest BCUT2D eigenvalue weighted by Gasteiger charge is -2.23. The van der Waals surface area contributed by atoms with E-state index in [2.05, 4.69) is 20.6 Å². The minimum atomic E-state index is 0.0599. The van der Waals surface area contributed by atoms with Crippen molar-refractivity contribution in [2.45, 2.75) is 44.6 Å². The Morgan fingerprint density at radius 2 is 2.42 bits per heavy atom. The molecule has 8 heteroatoms. The van der Waals surface area contributed by atoms with Crippen LogP contribution in [0.15, 0.2) is 28.2 Å². The Morgan fingerprint density at radius 1 is 1.50 bits per heavy atom. The first-order valence-electron chi connectivity index (χ1n) is 8.87. The third-order valence-electron chi connectivity index (χ3n) is 4.72. The van der Waals surface area contributed by atoms with E-state index in [1.807, 2.05) is 35.4 Å². The van der Waals surface area contributed by atoms with Gasteiger partial charge in [-0.05, 0) is 37.1 Å². The zero-order valence-corrected chi connectivity index (χ0v) is 15.5. The molecule has 1 aliphatic rings. The smallest absolute Gasteiger partial charge is 0.226 e. The molecule has 0 fully saturated rings. The summed E-state index contributed by atoms with van der Waals surface area (Å²) in [6, 6.07) is 4.00. The van der Waals surface area contributed by atoms with Gasteiger partial charge in [-0.25, -0.2) is 0 Å². The van der Waals surface area contributed by atoms with E-state index in [4.69, 9.17) is 4.52 Å². The molecule has 3 aromatic rings. The molecule has 0 spiro atoms. The fraction of sp³-hybridized carbons (Fsp3) is 0.444. The van der Waals surface area contributed by atoms with Crippen LogP contribution in [-0.4, -0.2) is 25.8 Å². The number of hydrogen-bond donors (Lipinski definition) is 1. The van der Waals surface area contributed by atoms with Gasteiger partial charge in [-0.15, -0.1) is 11.3 Å². The average molecular weight is 371 g/mol. The van der Waals surface area contributed by atoms with E-state index < -0.39 is 0 Å². The molecule has 1 unspecified atom stereocenters. The first-order chi connectivity index (χ1) is 12.7. The van der Waals surface area contributed by atoms with Crippen molar-refractivity contribution in [2.75, 3.05) is 0 Å². The number of aryl methyl sites for hydroxylation is 2. The number of hydrogen-bond acceptors (Lipinski definition) is 6. The van der Waals surface area contributed by atoms with Gasteiger partial charge in [0.25, 0.3) is 0 Å². The van der Waals surface area contributed by atoms with Crippen LogP contribution >= 0.6 is 11.3 Å². The Bertz CT molecular complexity index is 883. The van der Waals surface area contributed by atoms with E-state index in [-0.39, 0.29) is 11.9 Å². The van der Waals surface area contributed by atoms with Crippen molar-refractivity contribution in [3.05, 3.63) is 40.9 Å². The van der Waals surface area contributed by atoms with Crippen LogP contribution in [-0.2, 0) is 24.7 Å². The molecule has 136 valence electrons. The summed E-state index contributed by atoms with van der Waals surface area (Å²) < 4.78 is 7.18. The summed E-state index contributed by atoms with van der Waals surface area (Å²) in [5, 5.41) is 13.4. The molecule has 3 heterocycles. The van der Waals surface area contributed by atoms with Crippen molar-refractivity contribution in [1.29, 1.82) is 0 Å². The Hall–Kier alpha value is -2.48. The van der Waals surface area contributed by atoms with Crippen LogP contribution in [0, 0.1) is 0 Å². The van der Waals surface area contributed by atoms with E-state index >= 15 is 0 Å². The van der Waals surface area contributed by atoms with Crippen molar-refractivity contribution in [3.63, 3.8) is 0 Å². The number of fused-ring (bicyclic) bond motifs is 1. The van der Waals surface area contributed by atoms with Crippen LogP contribution in [0.5, 0.6) is 0 Å². The second kappa shape index (κ2) is 7.41. The Kier molecular flexibility index (Phi) is 4.83. The van der Waals surface area contributed by atoms with Crippen molar-refractivity contribution < 1.29 is 9.32 Å². The maximum absolute atomic E-state index is 12.3. The van der Waals surface area contributed by atoms with Gasteiger partial charge in [-0.2, -0.15) is 10.1 Å². The molecule has 3 aromatic heterocycles. The highest BCUT2D eigenvalue weighted by Crippen LogP contribution is 2.29. The monoisotopic (exact) mass is 371 g/mol. The van der Waals surface area contributed by atoms with E-state index in [1.54, 1.807) is 11.3 Å². The lowest BCUT2D eigenvalue weighted by molar-refractivity contribution is -0.122. The number of carbonyl (C=O) groups is 1. The highest BCUT2D eigenvalue weighted by Gasteiger charge is 2.24. The molecule has 1 amide bonds. The van der Waals surface area contributed by atoms with E-state index in [0.717, 1.165) is 29.7 Å². The molecule has 0 saturated carbocycles. The molecule has 1 atom stereocenters. The third-order valence-corrected chi connectivity index (χ3v) is 5.58. The Morgan fingerprint density at radius 3 is 3.27 bits per heavy atom. The number of thiophene rings is 1. The molecular formula is C18H21N5O2S. The lowest BCUT2D eigenvalue weighted by atomic mass is 9.93. The molecule has 1 aliphatic carbocycles. The van der Waals surface area contributed by atoms with Crippen molar-refractivity contribution in [2.24, 2.45) is 7.05 Å². The summed E-state index contributed by atoms with van der Waals surface area (Å²) in [5.41, 5.74) is 2.39. The molecule has 4 rings (SSSR count). The van der Waals surface area contributed by atoms with Gasteiger partial charge in [0.2, 0.25) is 17.6 Å². The van der Waals surface area contributed by atoms with Gasteiger partial charge < -0.3 is 9.84 Å². The number of nitrogens with one attached hydrogen (secondary N) is 1. The summed E-state index contributed by atoms with van der Waals surface area (Å²) in [7, 11) is 1.96. The quantitative estimate of drug-likeness (QED) is 0.720. The number of carbonyl (C=O) groups excluding carboxylic acids is 1. The van der Waals surface area contributed by atoms with Gasteiger partial charge in [0, 0.05) is 31.1 Å². The van der Waals surface area contributed by atoms with Crippen LogP contribution < -0.4 is 5.32 Å². The lowest BCUT2D eigenvalue weighted by Crippen LogP contribution is -2.30. The maximum atomic E-state index is 12.3. The van der Waals surface area contributed by atoms with Gasteiger partial charge >= 0.3 is 0 Å². The number of amides is 1. The van der Waals surface area contributed by atoms with Crippen molar-refractivity contribution in [3.8, 4) is 10.7 Å². The van der Waals surface area contributed by atoms with Gasteiger partial charge in [0.15, 0.2) is 0 Å². The van der Waals surface area contributed by atoms with Crippen LogP contribution in [0.4, 0.5) is 0 Å². The summed E-state index contributed by atoms with van der Waals surface area (Å²) in [6.07, 6.45) is 6.69. The summed E-state index contributed by atoms with van der Waals surface area (Å²) >= 11 is 1.58. The SMILES string of the molecule is Cn1ncc2c1CCCC2NC(=O)CCCc1nc(-c2cccs2)no1. The predicted octanol–water partition coefficient (Wildman–Crippen LogP) is 3.05. The van der Waals surface area contributed by atoms with Gasteiger partial charge in [0.05, 0.1) is 17.1 Å². The molecule has 0 saturated heterocycles. The largest absolute Gasteiger partial charge is 0.349 e. The van der Waals surface area contributed by atoms with Crippen LogP contribution in [0.1, 0.15) is 48.9 Å². The molecule has 0 aliphatic heterocycles. The first kappa shape index (κ1) is 17.0. The van der Waals surface area contributed by atoms with Gasteiger partial charge in [-0.3, -0.25) is 9.48 Å². The highest BCUT2D eigenvalue weighted by molar-refractivity contribution is 7.13. The number of nitrogens with zero attached hydrogens (tertiary/aromatic N) is 4. The summed E-state index contributed by atoms with van der Waals surface area (Å²) in [6.45, 7) is 0.